The molecule has 0 amide bonds. The van der Waals surface area contributed by atoms with Crippen molar-refractivity contribution in [3.63, 3.8) is 0 Å². The Labute approximate surface area is 118 Å². The molecule has 5 heteroatoms. The molecular formula is C15H17N2O3-. The largest absolute Gasteiger partial charge is 0.544 e. The van der Waals surface area contributed by atoms with Crippen LogP contribution in [0.1, 0.15) is 29.8 Å². The van der Waals surface area contributed by atoms with Crippen molar-refractivity contribution in [3.05, 3.63) is 28.6 Å². The molecule has 0 unspecified atom stereocenters. The predicted octanol–water partition coefficient (Wildman–Crippen LogP) is 0.941. The molecule has 20 heavy (non-hydrogen) atoms. The van der Waals surface area contributed by atoms with Crippen molar-refractivity contribution in [2.24, 2.45) is 0 Å². The Balaban J connectivity index is 2.28. The summed E-state index contributed by atoms with van der Waals surface area (Å²) in [4.78, 5) is 10.8. The molecule has 5 nitrogen and oxygen atoms in total. The molecular weight excluding hydrogens is 256 g/mol. The number of nitriles is 1. The van der Waals surface area contributed by atoms with Crippen LogP contribution in [0.4, 0.5) is 0 Å². The average Bonchev–Trinajstić information content (AvgIpc) is 3.00. The Morgan fingerprint density at radius 2 is 2.40 bits per heavy atom. The molecule has 1 aliphatic heterocycles. The van der Waals surface area contributed by atoms with Crippen molar-refractivity contribution in [1.82, 2.24) is 4.57 Å². The monoisotopic (exact) mass is 273 g/mol. The fourth-order valence-corrected chi connectivity index (χ4v) is 2.54. The van der Waals surface area contributed by atoms with Crippen molar-refractivity contribution in [2.45, 2.75) is 39.3 Å². The third kappa shape index (κ3) is 2.91. The van der Waals surface area contributed by atoms with Crippen LogP contribution < -0.4 is 5.11 Å². The van der Waals surface area contributed by atoms with E-state index in [4.69, 9.17) is 10.00 Å². The quantitative estimate of drug-likeness (QED) is 0.604. The van der Waals surface area contributed by atoms with E-state index in [1.54, 1.807) is 6.07 Å². The van der Waals surface area contributed by atoms with Crippen LogP contribution in [-0.4, -0.2) is 23.2 Å². The van der Waals surface area contributed by atoms with E-state index >= 15 is 0 Å². The SMILES string of the molecule is Cc1cc(/C=C(\C#N)C(=O)[O-])c(C)n1C[C@@H]1CCCO1. The van der Waals surface area contributed by atoms with E-state index in [2.05, 4.69) is 4.57 Å². The summed E-state index contributed by atoms with van der Waals surface area (Å²) in [6.45, 7) is 5.45. The van der Waals surface area contributed by atoms with Gasteiger partial charge < -0.3 is 19.2 Å². The van der Waals surface area contributed by atoms with E-state index < -0.39 is 5.97 Å². The molecule has 0 bridgehead atoms. The lowest BCUT2D eigenvalue weighted by Gasteiger charge is -2.14. The third-order valence-electron chi connectivity index (χ3n) is 3.66. The molecule has 0 radical (unpaired) electrons. The molecule has 0 spiro atoms. The maximum atomic E-state index is 10.8. The Kier molecular flexibility index (Phi) is 4.26. The highest BCUT2D eigenvalue weighted by atomic mass is 16.5. The highest BCUT2D eigenvalue weighted by Crippen LogP contribution is 2.21. The van der Waals surface area contributed by atoms with E-state index in [1.165, 1.54) is 6.08 Å². The van der Waals surface area contributed by atoms with E-state index in [0.717, 1.165) is 42.9 Å². The number of carbonyl (C=O) groups is 1. The van der Waals surface area contributed by atoms with Gasteiger partial charge in [0.25, 0.3) is 0 Å². The molecule has 0 aliphatic carbocycles. The highest BCUT2D eigenvalue weighted by Gasteiger charge is 2.18. The Morgan fingerprint density at radius 3 is 2.95 bits per heavy atom. The van der Waals surface area contributed by atoms with Crippen LogP contribution in [0, 0.1) is 25.2 Å². The third-order valence-corrected chi connectivity index (χ3v) is 3.66. The number of rotatable bonds is 4. The maximum absolute atomic E-state index is 10.8. The second-order valence-electron chi connectivity index (χ2n) is 5.03. The molecule has 1 fully saturated rings. The van der Waals surface area contributed by atoms with Gasteiger partial charge in [0.15, 0.2) is 0 Å². The molecule has 1 atom stereocenters. The van der Waals surface area contributed by atoms with Gasteiger partial charge in [-0.2, -0.15) is 5.26 Å². The first-order valence-corrected chi connectivity index (χ1v) is 6.64. The van der Waals surface area contributed by atoms with Crippen molar-refractivity contribution in [2.75, 3.05) is 6.61 Å². The minimum Gasteiger partial charge on any atom is -0.544 e. The first-order valence-electron chi connectivity index (χ1n) is 6.64. The van der Waals surface area contributed by atoms with Crippen LogP contribution in [0.2, 0.25) is 0 Å². The zero-order chi connectivity index (χ0) is 14.7. The second-order valence-corrected chi connectivity index (χ2v) is 5.03. The molecule has 1 saturated heterocycles. The number of hydrogen-bond donors (Lipinski definition) is 0. The average molecular weight is 273 g/mol. The minimum atomic E-state index is -1.45. The van der Waals surface area contributed by atoms with Crippen molar-refractivity contribution in [1.29, 1.82) is 5.26 Å². The number of aryl methyl sites for hydroxylation is 1. The summed E-state index contributed by atoms with van der Waals surface area (Å²) < 4.78 is 7.73. The molecule has 1 aromatic rings. The van der Waals surface area contributed by atoms with Crippen LogP contribution in [0.25, 0.3) is 6.08 Å². The van der Waals surface area contributed by atoms with Gasteiger partial charge in [0.2, 0.25) is 0 Å². The molecule has 1 aromatic heterocycles. The molecule has 0 saturated carbocycles. The van der Waals surface area contributed by atoms with E-state index in [-0.39, 0.29) is 11.7 Å². The van der Waals surface area contributed by atoms with Crippen molar-refractivity contribution < 1.29 is 14.6 Å². The Bertz CT molecular complexity index is 587. The van der Waals surface area contributed by atoms with Crippen molar-refractivity contribution >= 4 is 12.0 Å². The van der Waals surface area contributed by atoms with Gasteiger partial charge in [-0.25, -0.2) is 0 Å². The molecule has 0 aromatic carbocycles. The number of carboxylic acids is 1. The van der Waals surface area contributed by atoms with Crippen LogP contribution >= 0.6 is 0 Å². The van der Waals surface area contributed by atoms with Crippen molar-refractivity contribution in [3.8, 4) is 6.07 Å². The maximum Gasteiger partial charge on any atom is 0.101 e. The summed E-state index contributed by atoms with van der Waals surface area (Å²) >= 11 is 0. The smallest absolute Gasteiger partial charge is 0.101 e. The summed E-state index contributed by atoms with van der Waals surface area (Å²) in [5.41, 5.74) is 2.34. The minimum absolute atomic E-state index is 0.216. The van der Waals surface area contributed by atoms with Gasteiger partial charge in [-0.15, -0.1) is 0 Å². The fourth-order valence-electron chi connectivity index (χ4n) is 2.54. The number of hydrogen-bond acceptors (Lipinski definition) is 4. The first kappa shape index (κ1) is 14.4. The normalized spacial score (nSPS) is 19.1. The number of ether oxygens (including phenoxy) is 1. The Hall–Kier alpha value is -2.06. The number of aliphatic carboxylic acids is 1. The topological polar surface area (TPSA) is 78.1 Å². The number of carbonyl (C=O) groups excluding carboxylic acids is 1. The van der Waals surface area contributed by atoms with Crippen LogP contribution in [-0.2, 0) is 16.1 Å². The van der Waals surface area contributed by atoms with E-state index in [0.29, 0.717) is 0 Å². The van der Waals surface area contributed by atoms with Crippen LogP contribution in [0.5, 0.6) is 0 Å². The Morgan fingerprint density at radius 1 is 1.65 bits per heavy atom. The highest BCUT2D eigenvalue weighted by molar-refractivity contribution is 5.95. The van der Waals surface area contributed by atoms with Gasteiger partial charge >= 0.3 is 0 Å². The summed E-state index contributed by atoms with van der Waals surface area (Å²) in [5.74, 6) is -1.45. The predicted molar refractivity (Wildman–Crippen MR) is 71.5 cm³/mol. The van der Waals surface area contributed by atoms with Gasteiger partial charge in [0.05, 0.1) is 17.6 Å². The van der Waals surface area contributed by atoms with Crippen LogP contribution in [0.15, 0.2) is 11.6 Å². The lowest BCUT2D eigenvalue weighted by Crippen LogP contribution is -2.23. The lowest BCUT2D eigenvalue weighted by atomic mass is 10.1. The number of nitrogens with zero attached hydrogens (tertiary/aromatic N) is 2. The molecule has 106 valence electrons. The fraction of sp³-hybridized carbons (Fsp3) is 0.467. The number of carboxylic acid groups (broad SMARTS) is 1. The van der Waals surface area contributed by atoms with Gasteiger partial charge in [-0.05, 0) is 44.4 Å². The molecule has 0 N–H and O–H groups in total. The van der Waals surface area contributed by atoms with E-state index in [9.17, 15) is 9.90 Å². The summed E-state index contributed by atoms with van der Waals surface area (Å²) in [6.07, 6.45) is 3.71. The van der Waals surface area contributed by atoms with Gasteiger partial charge in [0, 0.05) is 24.5 Å². The van der Waals surface area contributed by atoms with Gasteiger partial charge in [-0.3, -0.25) is 0 Å². The standard InChI is InChI=1S/C15H18N2O3/c1-10-6-12(7-13(8-16)15(18)19)11(2)17(10)9-14-4-3-5-20-14/h6-7,14H,3-5,9H2,1-2H3,(H,18,19)/p-1/b13-7+/t14-/m0/s1. The number of aromatic nitrogens is 1. The zero-order valence-corrected chi connectivity index (χ0v) is 11.7. The summed E-state index contributed by atoms with van der Waals surface area (Å²) in [7, 11) is 0. The lowest BCUT2D eigenvalue weighted by molar-refractivity contribution is -0.298. The molecule has 1 aliphatic rings. The van der Waals surface area contributed by atoms with Gasteiger partial charge in [-0.1, -0.05) is 0 Å². The van der Waals surface area contributed by atoms with Gasteiger partial charge in [0.1, 0.15) is 6.07 Å². The second kappa shape index (κ2) is 5.93. The van der Waals surface area contributed by atoms with E-state index in [1.807, 2.05) is 19.9 Å². The summed E-state index contributed by atoms with van der Waals surface area (Å²) in [6, 6.07) is 3.52. The molecule has 2 rings (SSSR count). The van der Waals surface area contributed by atoms with Crippen LogP contribution in [0.3, 0.4) is 0 Å². The first-order chi connectivity index (χ1) is 9.52. The molecule has 2 heterocycles. The zero-order valence-electron chi connectivity index (χ0n) is 11.7. The summed E-state index contributed by atoms with van der Waals surface area (Å²) in [5, 5.41) is 19.6.